The predicted octanol–water partition coefficient (Wildman–Crippen LogP) is 0.928. The number of hydrogen-bond donors (Lipinski definition) is 0. The molecule has 29 heavy (non-hydrogen) atoms. The lowest BCUT2D eigenvalue weighted by Crippen LogP contribution is -2.36. The Hall–Kier alpha value is -2.69. The van der Waals surface area contributed by atoms with E-state index in [0.717, 1.165) is 5.46 Å². The van der Waals surface area contributed by atoms with Crippen LogP contribution in [0.4, 0.5) is 0 Å². The molecule has 1 aromatic heterocycles. The maximum Gasteiger partial charge on any atom is 0.256 e. The minimum Gasteiger partial charge on any atom is -0.481 e. The van der Waals surface area contributed by atoms with Gasteiger partial charge in [-0.15, -0.1) is 0 Å². The van der Waals surface area contributed by atoms with E-state index in [-0.39, 0.29) is 15.7 Å². The van der Waals surface area contributed by atoms with E-state index in [0.29, 0.717) is 9.27 Å². The summed E-state index contributed by atoms with van der Waals surface area (Å²) in [6.07, 6.45) is 1.56. The Morgan fingerprint density at radius 1 is 0.897 bits per heavy atom. The van der Waals surface area contributed by atoms with Gasteiger partial charge in [0, 0.05) is 11.8 Å². The van der Waals surface area contributed by atoms with Gasteiger partial charge in [0.1, 0.15) is 7.85 Å². The van der Waals surface area contributed by atoms with Gasteiger partial charge in [0.05, 0.1) is 23.4 Å². The monoisotopic (exact) mass is 430 g/mol. The van der Waals surface area contributed by atoms with Gasteiger partial charge in [-0.1, -0.05) is 51.6 Å². The molecule has 10 heteroatoms. The van der Waals surface area contributed by atoms with Crippen LogP contribution in [0.5, 0.6) is 5.88 Å². The molecule has 2 aromatic carbocycles. The molecule has 0 saturated heterocycles. The first-order chi connectivity index (χ1) is 13.8. The molecule has 0 amide bonds. The largest absolute Gasteiger partial charge is 0.481 e. The maximum atomic E-state index is 13.3. The van der Waals surface area contributed by atoms with Crippen LogP contribution in [-0.2, 0) is 26.6 Å². The summed E-state index contributed by atoms with van der Waals surface area (Å²) in [7, 11) is -5.59. The third kappa shape index (κ3) is 4.34. The van der Waals surface area contributed by atoms with Crippen LogP contribution in [0.15, 0.2) is 82.7 Å². The molecule has 1 heterocycles. The Bertz CT molecular complexity index is 1130. The predicted molar refractivity (Wildman–Crippen MR) is 112 cm³/mol. The Kier molecular flexibility index (Phi) is 6.06. The normalized spacial score (nSPS) is 12.1. The molecule has 0 saturated carbocycles. The molecule has 0 aliphatic rings. The fourth-order valence-corrected chi connectivity index (χ4v) is 6.41. The Labute approximate surface area is 171 Å². The Morgan fingerprint density at radius 3 is 1.83 bits per heavy atom. The van der Waals surface area contributed by atoms with E-state index in [9.17, 15) is 16.8 Å². The van der Waals surface area contributed by atoms with Gasteiger partial charge in [-0.3, -0.25) is 0 Å². The lowest BCUT2D eigenvalue weighted by Gasteiger charge is -2.23. The average Bonchev–Trinajstić information content (AvgIpc) is 2.73. The number of hydrogen-bond acceptors (Lipinski definition) is 6. The fraction of sp³-hybridized carbons (Fsp3) is 0.105. The summed E-state index contributed by atoms with van der Waals surface area (Å²) >= 11 is 0. The van der Waals surface area contributed by atoms with E-state index >= 15 is 0 Å². The van der Waals surface area contributed by atoms with Crippen molar-refractivity contribution >= 4 is 33.4 Å². The average molecular weight is 430 g/mol. The van der Waals surface area contributed by atoms with Crippen LogP contribution in [0, 0.1) is 0 Å². The molecule has 0 unspecified atom stereocenters. The molecular weight excluding hydrogens is 411 g/mol. The van der Waals surface area contributed by atoms with Crippen LogP contribution in [-0.4, -0.2) is 40.5 Å². The molecule has 150 valence electrons. The number of ether oxygens (including phenoxy) is 1. The van der Waals surface area contributed by atoms with E-state index in [1.54, 1.807) is 32.2 Å². The molecule has 0 fully saturated rings. The molecule has 0 radical (unpaired) electrons. The van der Waals surface area contributed by atoms with E-state index in [1.807, 2.05) is 0 Å². The van der Waals surface area contributed by atoms with E-state index in [1.165, 1.54) is 55.6 Å². The van der Waals surface area contributed by atoms with Gasteiger partial charge >= 0.3 is 0 Å². The van der Waals surface area contributed by atoms with Crippen molar-refractivity contribution in [2.24, 2.45) is 0 Å². The standard InChI is InChI=1S/C19H19BN2O5S2/c1-27-19-15(12-16(20)13-21-19)14-22(28(23,24)17-8-4-2-5-9-17)29(25,26)18-10-6-3-7-11-18/h2-13H,14,20H2,1H3. The Balaban J connectivity index is 2.19. The third-order valence-electron chi connectivity index (χ3n) is 4.17. The van der Waals surface area contributed by atoms with E-state index < -0.39 is 26.6 Å². The number of nitrogens with zero attached hydrogens (tertiary/aromatic N) is 2. The van der Waals surface area contributed by atoms with Crippen molar-refractivity contribution < 1.29 is 21.6 Å². The highest BCUT2D eigenvalue weighted by molar-refractivity contribution is 8.04. The van der Waals surface area contributed by atoms with Gasteiger partial charge < -0.3 is 4.74 Å². The lowest BCUT2D eigenvalue weighted by molar-refractivity contribution is 0.388. The van der Waals surface area contributed by atoms with Gasteiger partial charge in [0.15, 0.2) is 0 Å². The van der Waals surface area contributed by atoms with Gasteiger partial charge in [-0.25, -0.2) is 21.8 Å². The van der Waals surface area contributed by atoms with Crippen LogP contribution >= 0.6 is 0 Å². The van der Waals surface area contributed by atoms with Crippen LogP contribution < -0.4 is 10.2 Å². The zero-order valence-corrected chi connectivity index (χ0v) is 17.5. The minimum absolute atomic E-state index is 0.126. The van der Waals surface area contributed by atoms with Crippen molar-refractivity contribution in [3.8, 4) is 5.88 Å². The zero-order chi connectivity index (χ0) is 21.1. The molecule has 0 bridgehead atoms. The summed E-state index contributed by atoms with van der Waals surface area (Å²) < 4.78 is 59.0. The summed E-state index contributed by atoms with van der Waals surface area (Å²) in [5.74, 6) is 0.159. The van der Waals surface area contributed by atoms with Crippen LogP contribution in [0.25, 0.3) is 0 Å². The van der Waals surface area contributed by atoms with Crippen LogP contribution in [0.2, 0.25) is 0 Å². The highest BCUT2D eigenvalue weighted by Crippen LogP contribution is 2.28. The van der Waals surface area contributed by atoms with Gasteiger partial charge in [-0.2, -0.15) is 0 Å². The van der Waals surface area contributed by atoms with Crippen molar-refractivity contribution in [2.75, 3.05) is 7.11 Å². The summed E-state index contributed by atoms with van der Waals surface area (Å²) in [5, 5.41) is 0. The molecule has 0 aliphatic heterocycles. The summed E-state index contributed by atoms with van der Waals surface area (Å²) in [6, 6.07) is 16.5. The SMILES string of the molecule is Bc1cnc(OC)c(CN(S(=O)(=O)c2ccccc2)S(=O)(=O)c2ccccc2)c1. The Morgan fingerprint density at radius 2 is 1.38 bits per heavy atom. The highest BCUT2D eigenvalue weighted by atomic mass is 32.3. The number of pyridine rings is 1. The smallest absolute Gasteiger partial charge is 0.256 e. The molecule has 0 spiro atoms. The van der Waals surface area contributed by atoms with Crippen molar-refractivity contribution in [1.29, 1.82) is 0 Å². The van der Waals surface area contributed by atoms with Crippen LogP contribution in [0.3, 0.4) is 0 Å². The fourth-order valence-electron chi connectivity index (χ4n) is 2.77. The number of benzene rings is 2. The maximum absolute atomic E-state index is 13.3. The highest BCUT2D eigenvalue weighted by Gasteiger charge is 2.37. The van der Waals surface area contributed by atoms with Gasteiger partial charge in [0.25, 0.3) is 20.0 Å². The third-order valence-corrected chi connectivity index (χ3v) is 8.42. The summed E-state index contributed by atoms with van der Waals surface area (Å²) in [4.78, 5) is 3.87. The molecule has 0 atom stereocenters. The van der Waals surface area contributed by atoms with Crippen molar-refractivity contribution in [3.05, 3.63) is 78.5 Å². The first-order valence-corrected chi connectivity index (χ1v) is 11.5. The molecule has 7 nitrogen and oxygen atoms in total. The van der Waals surface area contributed by atoms with Crippen molar-refractivity contribution in [1.82, 2.24) is 8.69 Å². The second-order valence-corrected chi connectivity index (χ2v) is 10.2. The number of sulfonamides is 2. The van der Waals surface area contributed by atoms with E-state index in [4.69, 9.17) is 4.74 Å². The second kappa shape index (κ2) is 8.36. The molecule has 0 N–H and O–H groups in total. The molecule has 3 aromatic rings. The quantitative estimate of drug-likeness (QED) is 0.518. The molecule has 0 aliphatic carbocycles. The second-order valence-electron chi connectivity index (χ2n) is 6.25. The van der Waals surface area contributed by atoms with E-state index in [2.05, 4.69) is 4.98 Å². The minimum atomic E-state index is -4.38. The summed E-state index contributed by atoms with van der Waals surface area (Å²) in [6.45, 7) is -0.452. The molecular formula is C19H19BN2O5S2. The number of rotatable bonds is 7. The van der Waals surface area contributed by atoms with Gasteiger partial charge in [0.2, 0.25) is 5.88 Å². The first kappa shape index (κ1) is 21.0. The number of aromatic nitrogens is 1. The lowest BCUT2D eigenvalue weighted by atomic mass is 9.97. The number of methoxy groups -OCH3 is 1. The zero-order valence-electron chi connectivity index (χ0n) is 15.9. The topological polar surface area (TPSA) is 93.6 Å². The van der Waals surface area contributed by atoms with Crippen molar-refractivity contribution in [3.63, 3.8) is 0 Å². The van der Waals surface area contributed by atoms with Crippen molar-refractivity contribution in [2.45, 2.75) is 16.3 Å². The van der Waals surface area contributed by atoms with Gasteiger partial charge in [-0.05, 0) is 24.3 Å². The molecule has 3 rings (SSSR count). The first-order valence-electron chi connectivity index (χ1n) is 8.64. The van der Waals surface area contributed by atoms with Crippen LogP contribution in [0.1, 0.15) is 5.56 Å². The summed E-state index contributed by atoms with van der Waals surface area (Å²) in [5.41, 5.74) is 1.08.